The molecule has 98 valence electrons. The van der Waals surface area contributed by atoms with Crippen LogP contribution in [0.15, 0.2) is 16.5 Å². The SMILES string of the molecule is CCCCCCCC(NCC)c1ccc(C)o1. The lowest BCUT2D eigenvalue weighted by atomic mass is 10.0. The minimum Gasteiger partial charge on any atom is -0.465 e. The topological polar surface area (TPSA) is 25.2 Å². The van der Waals surface area contributed by atoms with E-state index in [1.807, 2.05) is 6.92 Å². The highest BCUT2D eigenvalue weighted by Crippen LogP contribution is 2.22. The van der Waals surface area contributed by atoms with Crippen LogP contribution < -0.4 is 5.32 Å². The lowest BCUT2D eigenvalue weighted by Crippen LogP contribution is -2.20. The van der Waals surface area contributed by atoms with Crippen molar-refractivity contribution in [3.05, 3.63) is 23.7 Å². The molecular formula is C15H27NO. The van der Waals surface area contributed by atoms with Crippen molar-refractivity contribution in [1.82, 2.24) is 5.32 Å². The van der Waals surface area contributed by atoms with Crippen molar-refractivity contribution in [1.29, 1.82) is 0 Å². The van der Waals surface area contributed by atoms with E-state index >= 15 is 0 Å². The molecule has 2 heteroatoms. The van der Waals surface area contributed by atoms with Gasteiger partial charge >= 0.3 is 0 Å². The van der Waals surface area contributed by atoms with E-state index in [-0.39, 0.29) is 0 Å². The van der Waals surface area contributed by atoms with Gasteiger partial charge in [-0.1, -0.05) is 46.0 Å². The Bertz CT molecular complexity index is 293. The van der Waals surface area contributed by atoms with Crippen LogP contribution in [0.25, 0.3) is 0 Å². The fourth-order valence-corrected chi connectivity index (χ4v) is 2.18. The van der Waals surface area contributed by atoms with Crippen LogP contribution in [-0.2, 0) is 0 Å². The maximum absolute atomic E-state index is 5.71. The summed E-state index contributed by atoms with van der Waals surface area (Å²) in [5.41, 5.74) is 0. The van der Waals surface area contributed by atoms with Gasteiger partial charge in [-0.05, 0) is 32.0 Å². The molecular weight excluding hydrogens is 210 g/mol. The first-order chi connectivity index (χ1) is 8.27. The van der Waals surface area contributed by atoms with Gasteiger partial charge in [0, 0.05) is 0 Å². The van der Waals surface area contributed by atoms with Crippen molar-refractivity contribution >= 4 is 0 Å². The first kappa shape index (κ1) is 14.3. The smallest absolute Gasteiger partial charge is 0.121 e. The zero-order chi connectivity index (χ0) is 12.5. The maximum atomic E-state index is 5.71. The summed E-state index contributed by atoms with van der Waals surface area (Å²) >= 11 is 0. The predicted molar refractivity (Wildman–Crippen MR) is 73.2 cm³/mol. The summed E-state index contributed by atoms with van der Waals surface area (Å²) in [6.07, 6.45) is 7.86. The number of unbranched alkanes of at least 4 members (excludes halogenated alkanes) is 4. The Labute approximate surface area is 106 Å². The molecule has 1 atom stereocenters. The summed E-state index contributed by atoms with van der Waals surface area (Å²) in [5, 5.41) is 3.51. The highest BCUT2D eigenvalue weighted by Gasteiger charge is 2.13. The molecule has 1 aromatic rings. The molecule has 2 nitrogen and oxygen atoms in total. The van der Waals surface area contributed by atoms with Crippen molar-refractivity contribution in [2.24, 2.45) is 0 Å². The number of furan rings is 1. The van der Waals surface area contributed by atoms with Crippen LogP contribution >= 0.6 is 0 Å². The number of hydrogen-bond acceptors (Lipinski definition) is 2. The molecule has 0 saturated carbocycles. The zero-order valence-corrected chi connectivity index (χ0v) is 11.6. The Morgan fingerprint density at radius 2 is 1.88 bits per heavy atom. The monoisotopic (exact) mass is 237 g/mol. The lowest BCUT2D eigenvalue weighted by Gasteiger charge is -2.15. The van der Waals surface area contributed by atoms with Gasteiger partial charge in [-0.15, -0.1) is 0 Å². The average Bonchev–Trinajstić information content (AvgIpc) is 2.74. The molecule has 0 aliphatic heterocycles. The maximum Gasteiger partial charge on any atom is 0.121 e. The highest BCUT2D eigenvalue weighted by atomic mass is 16.3. The fourth-order valence-electron chi connectivity index (χ4n) is 2.18. The van der Waals surface area contributed by atoms with Crippen molar-refractivity contribution in [2.45, 2.75) is 65.3 Å². The number of nitrogens with one attached hydrogen (secondary N) is 1. The second kappa shape index (κ2) is 8.35. The van der Waals surface area contributed by atoms with E-state index in [1.54, 1.807) is 0 Å². The van der Waals surface area contributed by atoms with E-state index in [0.717, 1.165) is 18.1 Å². The van der Waals surface area contributed by atoms with Crippen LogP contribution in [0.5, 0.6) is 0 Å². The van der Waals surface area contributed by atoms with Gasteiger partial charge in [-0.25, -0.2) is 0 Å². The Hall–Kier alpha value is -0.760. The molecule has 1 unspecified atom stereocenters. The van der Waals surface area contributed by atoms with Gasteiger partial charge in [0.1, 0.15) is 11.5 Å². The normalized spacial score (nSPS) is 12.9. The van der Waals surface area contributed by atoms with E-state index in [9.17, 15) is 0 Å². The predicted octanol–water partition coefficient (Wildman–Crippen LogP) is 4.60. The van der Waals surface area contributed by atoms with E-state index in [0.29, 0.717) is 6.04 Å². The summed E-state index contributed by atoms with van der Waals surface area (Å²) in [7, 11) is 0. The van der Waals surface area contributed by atoms with Crippen LogP contribution in [0.3, 0.4) is 0 Å². The molecule has 1 aromatic heterocycles. The fraction of sp³-hybridized carbons (Fsp3) is 0.733. The Balaban J connectivity index is 2.33. The Morgan fingerprint density at radius 3 is 2.47 bits per heavy atom. The van der Waals surface area contributed by atoms with Crippen LogP contribution in [0.1, 0.15) is 69.9 Å². The van der Waals surface area contributed by atoms with Crippen molar-refractivity contribution < 1.29 is 4.42 Å². The molecule has 0 bridgehead atoms. The van der Waals surface area contributed by atoms with Crippen molar-refractivity contribution in [3.63, 3.8) is 0 Å². The quantitative estimate of drug-likeness (QED) is 0.635. The van der Waals surface area contributed by atoms with Gasteiger partial charge in [0.2, 0.25) is 0 Å². The summed E-state index contributed by atoms with van der Waals surface area (Å²) < 4.78 is 5.71. The largest absolute Gasteiger partial charge is 0.465 e. The van der Waals surface area contributed by atoms with Crippen molar-refractivity contribution in [2.75, 3.05) is 6.54 Å². The second-order valence-corrected chi connectivity index (χ2v) is 4.76. The van der Waals surface area contributed by atoms with Crippen LogP contribution in [-0.4, -0.2) is 6.54 Å². The average molecular weight is 237 g/mol. The molecule has 0 aromatic carbocycles. The van der Waals surface area contributed by atoms with Crippen molar-refractivity contribution in [3.8, 4) is 0 Å². The third kappa shape index (κ3) is 5.40. The number of hydrogen-bond donors (Lipinski definition) is 1. The third-order valence-electron chi connectivity index (χ3n) is 3.15. The van der Waals surface area contributed by atoms with Gasteiger partial charge in [-0.2, -0.15) is 0 Å². The Kier molecular flexibility index (Phi) is 7.02. The second-order valence-electron chi connectivity index (χ2n) is 4.76. The number of aryl methyl sites for hydroxylation is 1. The van der Waals surface area contributed by atoms with E-state index in [4.69, 9.17) is 4.42 Å². The van der Waals surface area contributed by atoms with Crippen LogP contribution in [0, 0.1) is 6.92 Å². The summed E-state index contributed by atoms with van der Waals surface area (Å²) in [4.78, 5) is 0. The minimum atomic E-state index is 0.398. The molecule has 0 aliphatic rings. The molecule has 0 amide bonds. The van der Waals surface area contributed by atoms with Gasteiger partial charge in [0.15, 0.2) is 0 Å². The van der Waals surface area contributed by atoms with Gasteiger partial charge in [-0.3, -0.25) is 0 Å². The molecule has 0 spiro atoms. The Morgan fingerprint density at radius 1 is 1.12 bits per heavy atom. The minimum absolute atomic E-state index is 0.398. The molecule has 17 heavy (non-hydrogen) atoms. The van der Waals surface area contributed by atoms with Crippen LogP contribution in [0.4, 0.5) is 0 Å². The highest BCUT2D eigenvalue weighted by molar-refractivity contribution is 5.09. The first-order valence-electron chi connectivity index (χ1n) is 7.07. The van der Waals surface area contributed by atoms with E-state index in [2.05, 4.69) is 31.3 Å². The third-order valence-corrected chi connectivity index (χ3v) is 3.15. The molecule has 1 N–H and O–H groups in total. The molecule has 1 rings (SSSR count). The molecule has 1 heterocycles. The summed E-state index contributed by atoms with van der Waals surface area (Å²) in [6.45, 7) is 7.42. The summed E-state index contributed by atoms with van der Waals surface area (Å²) in [6, 6.07) is 4.56. The molecule has 0 aliphatic carbocycles. The standard InChI is InChI=1S/C15H27NO/c1-4-6-7-8-9-10-14(16-5-2)15-12-11-13(3)17-15/h11-12,14,16H,4-10H2,1-3H3. The van der Waals surface area contributed by atoms with E-state index in [1.165, 1.54) is 38.5 Å². The van der Waals surface area contributed by atoms with E-state index < -0.39 is 0 Å². The molecule has 0 radical (unpaired) electrons. The van der Waals surface area contributed by atoms with Gasteiger partial charge in [0.25, 0.3) is 0 Å². The zero-order valence-electron chi connectivity index (χ0n) is 11.6. The lowest BCUT2D eigenvalue weighted by molar-refractivity contribution is 0.380. The first-order valence-corrected chi connectivity index (χ1v) is 7.07. The van der Waals surface area contributed by atoms with Gasteiger partial charge in [0.05, 0.1) is 6.04 Å². The van der Waals surface area contributed by atoms with Gasteiger partial charge < -0.3 is 9.73 Å². The summed E-state index contributed by atoms with van der Waals surface area (Å²) in [5.74, 6) is 2.11. The number of rotatable bonds is 9. The van der Waals surface area contributed by atoms with Crippen LogP contribution in [0.2, 0.25) is 0 Å². The molecule has 0 fully saturated rings. The molecule has 0 saturated heterocycles.